The Morgan fingerprint density at radius 2 is 2.04 bits per heavy atom. The quantitative estimate of drug-likeness (QED) is 0.591. The summed E-state index contributed by atoms with van der Waals surface area (Å²) in [6.07, 6.45) is 0.217. The number of carbonyl (C=O) groups excluding carboxylic acids is 1. The molecule has 1 aliphatic heterocycles. The molecular weight excluding hydrogens is 397 g/mol. The summed E-state index contributed by atoms with van der Waals surface area (Å²) in [4.78, 5) is 17.8. The Hall–Kier alpha value is -1.95. The summed E-state index contributed by atoms with van der Waals surface area (Å²) in [6.45, 7) is 0. The zero-order chi connectivity index (χ0) is 18.8. The van der Waals surface area contributed by atoms with Crippen molar-refractivity contribution in [3.05, 3.63) is 58.6 Å². The van der Waals surface area contributed by atoms with E-state index < -0.39 is 10.7 Å². The fourth-order valence-corrected chi connectivity index (χ4v) is 3.34. The Balaban J connectivity index is 1.80. The molecule has 26 heavy (non-hydrogen) atoms. The molecule has 8 heteroatoms. The van der Waals surface area contributed by atoms with E-state index in [0.717, 1.165) is 5.56 Å². The van der Waals surface area contributed by atoms with Gasteiger partial charge in [0.25, 0.3) is 5.91 Å². The summed E-state index contributed by atoms with van der Waals surface area (Å²) in [6, 6.07) is 12.7. The molecule has 0 aliphatic carbocycles. The van der Waals surface area contributed by atoms with Gasteiger partial charge in [-0.3, -0.25) is 4.79 Å². The van der Waals surface area contributed by atoms with E-state index in [1.165, 1.54) is 4.90 Å². The molecular formula is C18H16Cl3N3O2. The maximum Gasteiger partial charge on any atom is 0.260 e. The minimum Gasteiger partial charge on any atom is -0.398 e. The molecule has 1 amide bonds. The number of hydrogen-bond acceptors (Lipinski definition) is 4. The molecule has 3 rings (SSSR count). The van der Waals surface area contributed by atoms with E-state index in [1.807, 2.05) is 18.2 Å². The number of nitrogens with zero attached hydrogens (tertiary/aromatic N) is 2. The fraction of sp³-hybridized carbons (Fsp3) is 0.222. The molecule has 0 bridgehead atoms. The predicted octanol–water partition coefficient (Wildman–Crippen LogP) is 4.55. The van der Waals surface area contributed by atoms with Crippen molar-refractivity contribution < 1.29 is 9.63 Å². The second kappa shape index (κ2) is 7.74. The number of nitrogen functional groups attached to an aromatic ring is 1. The van der Waals surface area contributed by atoms with Crippen LogP contribution >= 0.6 is 34.8 Å². The third-order valence-corrected chi connectivity index (χ3v) is 4.84. The molecule has 5 nitrogen and oxygen atoms in total. The van der Waals surface area contributed by atoms with Gasteiger partial charge < -0.3 is 15.5 Å². The molecule has 1 unspecified atom stereocenters. The van der Waals surface area contributed by atoms with Crippen LogP contribution in [0.3, 0.4) is 0 Å². The number of amides is 1. The molecule has 0 spiro atoms. The average Bonchev–Trinajstić information content (AvgIpc) is 3.10. The number of carbonyl (C=O) groups is 1. The highest BCUT2D eigenvalue weighted by Gasteiger charge is 2.27. The first-order valence-electron chi connectivity index (χ1n) is 7.81. The van der Waals surface area contributed by atoms with Gasteiger partial charge in [0, 0.05) is 30.4 Å². The van der Waals surface area contributed by atoms with E-state index in [2.05, 4.69) is 5.16 Å². The highest BCUT2D eigenvalue weighted by molar-refractivity contribution is 6.54. The normalized spacial score (nSPS) is 16.3. The number of benzene rings is 2. The maximum absolute atomic E-state index is 12.0. The van der Waals surface area contributed by atoms with E-state index in [9.17, 15) is 4.79 Å². The Morgan fingerprint density at radius 1 is 1.31 bits per heavy atom. The summed E-state index contributed by atoms with van der Waals surface area (Å²) in [5.74, 6) is -0.404. The first kappa shape index (κ1) is 18.8. The van der Waals surface area contributed by atoms with Crippen LogP contribution in [0.25, 0.3) is 0 Å². The van der Waals surface area contributed by atoms with Crippen LogP contribution in [0.5, 0.6) is 0 Å². The molecule has 0 aromatic heterocycles. The van der Waals surface area contributed by atoms with Gasteiger partial charge in [-0.1, -0.05) is 58.2 Å². The van der Waals surface area contributed by atoms with Crippen LogP contribution in [0.2, 0.25) is 5.02 Å². The Kier molecular flexibility index (Phi) is 5.61. The van der Waals surface area contributed by atoms with Crippen LogP contribution in [0.1, 0.15) is 23.7 Å². The fourth-order valence-electron chi connectivity index (χ4n) is 2.76. The van der Waals surface area contributed by atoms with Gasteiger partial charge in [-0.15, -0.1) is 0 Å². The topological polar surface area (TPSA) is 67.9 Å². The zero-order valence-corrected chi connectivity index (χ0v) is 16.1. The van der Waals surface area contributed by atoms with Crippen molar-refractivity contribution >= 4 is 57.8 Å². The lowest BCUT2D eigenvalue weighted by molar-refractivity contribution is -0.116. The van der Waals surface area contributed by atoms with Gasteiger partial charge in [0.15, 0.2) is 10.9 Å². The minimum atomic E-state index is -1.12. The number of alkyl halides is 2. The van der Waals surface area contributed by atoms with Crippen LogP contribution in [0.4, 0.5) is 11.4 Å². The molecule has 2 N–H and O–H groups in total. The van der Waals surface area contributed by atoms with Gasteiger partial charge >= 0.3 is 0 Å². The van der Waals surface area contributed by atoms with Crippen molar-refractivity contribution in [1.82, 2.24) is 0 Å². The summed E-state index contributed by atoms with van der Waals surface area (Å²) in [7, 11) is 1.61. The number of hydrogen-bond donors (Lipinski definition) is 1. The van der Waals surface area contributed by atoms with E-state index in [1.54, 1.807) is 31.3 Å². The Labute approximate surface area is 166 Å². The van der Waals surface area contributed by atoms with Gasteiger partial charge in [0.05, 0.1) is 10.7 Å². The van der Waals surface area contributed by atoms with Gasteiger partial charge in [-0.05, 0) is 29.8 Å². The van der Waals surface area contributed by atoms with Crippen LogP contribution in [0.15, 0.2) is 47.6 Å². The first-order valence-corrected chi connectivity index (χ1v) is 9.06. The third-order valence-electron chi connectivity index (χ3n) is 4.15. The second-order valence-electron chi connectivity index (χ2n) is 5.83. The van der Waals surface area contributed by atoms with Gasteiger partial charge in [0.2, 0.25) is 0 Å². The molecule has 2 aromatic rings. The summed E-state index contributed by atoms with van der Waals surface area (Å²) >= 11 is 17.6. The maximum atomic E-state index is 12.0. The lowest BCUT2D eigenvalue weighted by Crippen LogP contribution is -2.31. The van der Waals surface area contributed by atoms with Gasteiger partial charge in [-0.2, -0.15) is 0 Å². The lowest BCUT2D eigenvalue weighted by atomic mass is 9.99. The number of rotatable bonds is 4. The molecule has 0 radical (unpaired) electrons. The van der Waals surface area contributed by atoms with Crippen LogP contribution < -0.4 is 10.6 Å². The standard InChI is InChI=1S/C18H16Cl3N3O2/c1-24(18(25)17(20)21)11-5-2-4-10(8-11)15-9-14(23-26-15)16-12(19)6-3-7-13(16)22/h2-8,15,17H,9,22H2,1H3. The SMILES string of the molecule is CN(C(=O)C(Cl)Cl)c1cccc(C2CC(c3c(N)cccc3Cl)=NO2)c1. The van der Waals surface area contributed by atoms with E-state index in [-0.39, 0.29) is 6.10 Å². The van der Waals surface area contributed by atoms with Crippen molar-refractivity contribution in [1.29, 1.82) is 0 Å². The third kappa shape index (κ3) is 3.75. The van der Waals surface area contributed by atoms with E-state index in [0.29, 0.717) is 34.1 Å². The molecule has 0 saturated heterocycles. The number of oxime groups is 1. The molecule has 1 aliphatic rings. The summed E-state index contributed by atoms with van der Waals surface area (Å²) < 4.78 is 0. The minimum absolute atomic E-state index is 0.299. The molecule has 1 atom stereocenters. The summed E-state index contributed by atoms with van der Waals surface area (Å²) in [5, 5.41) is 4.68. The van der Waals surface area contributed by atoms with Crippen LogP contribution in [-0.2, 0) is 9.63 Å². The number of anilines is 2. The average molecular weight is 413 g/mol. The Bertz CT molecular complexity index is 850. The van der Waals surface area contributed by atoms with Crippen molar-refractivity contribution in [3.63, 3.8) is 0 Å². The van der Waals surface area contributed by atoms with Crippen molar-refractivity contribution in [2.24, 2.45) is 5.16 Å². The first-order chi connectivity index (χ1) is 12.4. The highest BCUT2D eigenvalue weighted by Crippen LogP contribution is 2.35. The molecule has 2 aromatic carbocycles. The second-order valence-corrected chi connectivity index (χ2v) is 7.34. The van der Waals surface area contributed by atoms with E-state index in [4.69, 9.17) is 45.4 Å². The van der Waals surface area contributed by atoms with Crippen molar-refractivity contribution in [2.75, 3.05) is 17.7 Å². The van der Waals surface area contributed by atoms with Gasteiger partial charge in [-0.25, -0.2) is 0 Å². The number of nitrogens with two attached hydrogens (primary N) is 1. The monoisotopic (exact) mass is 411 g/mol. The van der Waals surface area contributed by atoms with E-state index >= 15 is 0 Å². The predicted molar refractivity (Wildman–Crippen MR) is 106 cm³/mol. The smallest absolute Gasteiger partial charge is 0.260 e. The van der Waals surface area contributed by atoms with Crippen molar-refractivity contribution in [2.45, 2.75) is 17.4 Å². The molecule has 1 heterocycles. The van der Waals surface area contributed by atoms with Gasteiger partial charge in [0.1, 0.15) is 0 Å². The van der Waals surface area contributed by atoms with Crippen molar-refractivity contribution in [3.8, 4) is 0 Å². The molecule has 0 saturated carbocycles. The largest absolute Gasteiger partial charge is 0.398 e. The Morgan fingerprint density at radius 3 is 2.73 bits per heavy atom. The highest BCUT2D eigenvalue weighted by atomic mass is 35.5. The lowest BCUT2D eigenvalue weighted by Gasteiger charge is -2.19. The zero-order valence-electron chi connectivity index (χ0n) is 13.8. The number of halogens is 3. The molecule has 136 valence electrons. The summed E-state index contributed by atoms with van der Waals surface area (Å²) in [5.41, 5.74) is 9.48. The van der Waals surface area contributed by atoms with Crippen LogP contribution in [0, 0.1) is 0 Å². The molecule has 0 fully saturated rings. The van der Waals surface area contributed by atoms with Crippen LogP contribution in [-0.4, -0.2) is 23.5 Å².